The SMILES string of the molecule is O=C(O)c1ccc(-n2nnnc2SCC(=O)N2CCCCC2)cc1. The third-order valence-electron chi connectivity index (χ3n) is 3.83. The minimum atomic E-state index is -0.986. The van der Waals surface area contributed by atoms with Crippen LogP contribution in [0.1, 0.15) is 29.6 Å². The van der Waals surface area contributed by atoms with Crippen molar-refractivity contribution in [1.82, 2.24) is 25.1 Å². The molecule has 1 aromatic carbocycles. The molecule has 1 aromatic heterocycles. The lowest BCUT2D eigenvalue weighted by Gasteiger charge is -2.26. The Hall–Kier alpha value is -2.42. The van der Waals surface area contributed by atoms with Gasteiger partial charge in [-0.2, -0.15) is 4.68 Å². The summed E-state index contributed by atoms with van der Waals surface area (Å²) in [5.74, 6) is -0.608. The number of aromatic carboxylic acids is 1. The third-order valence-corrected chi connectivity index (χ3v) is 4.74. The lowest BCUT2D eigenvalue weighted by Crippen LogP contribution is -2.36. The molecule has 0 unspecified atom stereocenters. The average molecular weight is 347 g/mol. The first-order chi connectivity index (χ1) is 11.6. The monoisotopic (exact) mass is 347 g/mol. The van der Waals surface area contributed by atoms with Gasteiger partial charge in [0.2, 0.25) is 11.1 Å². The Labute approximate surface area is 142 Å². The van der Waals surface area contributed by atoms with E-state index >= 15 is 0 Å². The Bertz CT molecular complexity index is 725. The molecule has 0 bridgehead atoms. The standard InChI is InChI=1S/C15H17N5O3S/c21-13(19-8-2-1-3-9-19)10-24-15-16-17-18-20(15)12-6-4-11(5-7-12)14(22)23/h4-7H,1-3,8-10H2,(H,22,23). The zero-order valence-electron chi connectivity index (χ0n) is 13.0. The maximum atomic E-state index is 12.2. The molecule has 24 heavy (non-hydrogen) atoms. The number of aromatic nitrogens is 4. The van der Waals surface area contributed by atoms with E-state index in [0.29, 0.717) is 10.8 Å². The first-order valence-corrected chi connectivity index (χ1v) is 8.66. The van der Waals surface area contributed by atoms with E-state index in [1.54, 1.807) is 12.1 Å². The molecule has 1 N–H and O–H groups in total. The molecule has 0 atom stereocenters. The minimum Gasteiger partial charge on any atom is -0.478 e. The van der Waals surface area contributed by atoms with Crippen molar-refractivity contribution in [3.05, 3.63) is 29.8 Å². The van der Waals surface area contributed by atoms with Crippen molar-refractivity contribution in [3.8, 4) is 5.69 Å². The molecule has 1 aliphatic rings. The van der Waals surface area contributed by atoms with E-state index in [1.807, 2.05) is 4.90 Å². The number of carbonyl (C=O) groups is 2. The largest absolute Gasteiger partial charge is 0.478 e. The summed E-state index contributed by atoms with van der Waals surface area (Å²) in [6.45, 7) is 1.64. The Morgan fingerprint density at radius 2 is 1.83 bits per heavy atom. The number of carboxylic acid groups (broad SMARTS) is 1. The van der Waals surface area contributed by atoms with Gasteiger partial charge in [-0.15, -0.1) is 5.10 Å². The summed E-state index contributed by atoms with van der Waals surface area (Å²) in [6.07, 6.45) is 3.30. The Balaban J connectivity index is 1.66. The molecule has 3 rings (SSSR count). The highest BCUT2D eigenvalue weighted by Gasteiger charge is 2.18. The number of likely N-dealkylation sites (tertiary alicyclic amines) is 1. The molecule has 8 nitrogen and oxygen atoms in total. The minimum absolute atomic E-state index is 0.0930. The van der Waals surface area contributed by atoms with Crippen LogP contribution in [0.3, 0.4) is 0 Å². The van der Waals surface area contributed by atoms with Crippen LogP contribution < -0.4 is 0 Å². The molecule has 1 fully saturated rings. The number of amides is 1. The van der Waals surface area contributed by atoms with E-state index < -0.39 is 5.97 Å². The van der Waals surface area contributed by atoms with Gasteiger partial charge in [-0.25, -0.2) is 4.79 Å². The van der Waals surface area contributed by atoms with E-state index in [2.05, 4.69) is 15.5 Å². The van der Waals surface area contributed by atoms with E-state index in [4.69, 9.17) is 5.11 Å². The summed E-state index contributed by atoms with van der Waals surface area (Å²) in [5.41, 5.74) is 0.847. The van der Waals surface area contributed by atoms with Crippen LogP contribution in [0.15, 0.2) is 29.4 Å². The van der Waals surface area contributed by atoms with E-state index in [9.17, 15) is 9.59 Å². The van der Waals surface area contributed by atoms with Crippen LogP contribution in [0.5, 0.6) is 0 Å². The molecule has 9 heteroatoms. The summed E-state index contributed by atoms with van der Waals surface area (Å²) < 4.78 is 1.50. The van der Waals surface area contributed by atoms with Crippen LogP contribution in [0.2, 0.25) is 0 Å². The van der Waals surface area contributed by atoms with Gasteiger partial charge in [-0.05, 0) is 54.0 Å². The normalized spacial score (nSPS) is 14.6. The van der Waals surface area contributed by atoms with Gasteiger partial charge in [0.1, 0.15) is 0 Å². The number of benzene rings is 1. The highest BCUT2D eigenvalue weighted by Crippen LogP contribution is 2.20. The summed E-state index contributed by atoms with van der Waals surface area (Å²) in [7, 11) is 0. The summed E-state index contributed by atoms with van der Waals surface area (Å²) in [5, 5.41) is 20.9. The van der Waals surface area contributed by atoms with Crippen LogP contribution in [-0.2, 0) is 4.79 Å². The molecule has 0 spiro atoms. The highest BCUT2D eigenvalue weighted by molar-refractivity contribution is 7.99. The molecule has 126 valence electrons. The lowest BCUT2D eigenvalue weighted by molar-refractivity contribution is -0.129. The van der Waals surface area contributed by atoms with Crippen LogP contribution in [0, 0.1) is 0 Å². The van der Waals surface area contributed by atoms with Crippen molar-refractivity contribution >= 4 is 23.6 Å². The Kier molecular flexibility index (Phi) is 5.09. The van der Waals surface area contributed by atoms with Crippen molar-refractivity contribution in [1.29, 1.82) is 0 Å². The molecule has 0 aliphatic carbocycles. The van der Waals surface area contributed by atoms with Gasteiger partial charge in [-0.1, -0.05) is 11.8 Å². The third kappa shape index (κ3) is 3.73. The number of piperidine rings is 1. The fraction of sp³-hybridized carbons (Fsp3) is 0.400. The van der Waals surface area contributed by atoms with Crippen molar-refractivity contribution in [3.63, 3.8) is 0 Å². The van der Waals surface area contributed by atoms with E-state index in [-0.39, 0.29) is 17.2 Å². The molecule has 1 amide bonds. The molecular formula is C15H17N5O3S. The predicted octanol–water partition coefficient (Wildman–Crippen LogP) is 1.47. The highest BCUT2D eigenvalue weighted by atomic mass is 32.2. The number of carboxylic acids is 1. The van der Waals surface area contributed by atoms with Gasteiger partial charge >= 0.3 is 5.97 Å². The predicted molar refractivity (Wildman–Crippen MR) is 87.3 cm³/mol. The topological polar surface area (TPSA) is 101 Å². The van der Waals surface area contributed by atoms with Crippen LogP contribution in [0.25, 0.3) is 5.69 Å². The smallest absolute Gasteiger partial charge is 0.335 e. The Morgan fingerprint density at radius 3 is 2.50 bits per heavy atom. The van der Waals surface area contributed by atoms with Crippen molar-refractivity contribution < 1.29 is 14.7 Å². The molecule has 0 radical (unpaired) electrons. The van der Waals surface area contributed by atoms with Gasteiger partial charge in [0.05, 0.1) is 17.0 Å². The summed E-state index contributed by atoms with van der Waals surface area (Å²) >= 11 is 1.28. The maximum Gasteiger partial charge on any atom is 0.335 e. The quantitative estimate of drug-likeness (QED) is 0.817. The van der Waals surface area contributed by atoms with Crippen LogP contribution >= 0.6 is 11.8 Å². The molecule has 0 saturated carbocycles. The van der Waals surface area contributed by atoms with Gasteiger partial charge in [-0.3, -0.25) is 4.79 Å². The molecular weight excluding hydrogens is 330 g/mol. The van der Waals surface area contributed by atoms with E-state index in [1.165, 1.54) is 35.0 Å². The van der Waals surface area contributed by atoms with Crippen LogP contribution in [-0.4, -0.2) is 60.9 Å². The fourth-order valence-corrected chi connectivity index (χ4v) is 3.33. The molecule has 2 aromatic rings. The fourth-order valence-electron chi connectivity index (χ4n) is 2.54. The zero-order valence-corrected chi connectivity index (χ0v) is 13.8. The number of thioether (sulfide) groups is 1. The maximum absolute atomic E-state index is 12.2. The van der Waals surface area contributed by atoms with Gasteiger partial charge in [0, 0.05) is 13.1 Å². The number of hydrogen-bond donors (Lipinski definition) is 1. The summed E-state index contributed by atoms with van der Waals surface area (Å²) in [4.78, 5) is 25.0. The van der Waals surface area contributed by atoms with Crippen molar-refractivity contribution in [2.24, 2.45) is 0 Å². The molecule has 1 aliphatic heterocycles. The Morgan fingerprint density at radius 1 is 1.12 bits per heavy atom. The van der Waals surface area contributed by atoms with E-state index in [0.717, 1.165) is 25.9 Å². The number of hydrogen-bond acceptors (Lipinski definition) is 6. The van der Waals surface area contributed by atoms with Gasteiger partial charge in [0.25, 0.3) is 0 Å². The zero-order chi connectivity index (χ0) is 16.9. The number of tetrazole rings is 1. The number of rotatable bonds is 5. The number of carbonyl (C=O) groups excluding carboxylic acids is 1. The lowest BCUT2D eigenvalue weighted by atomic mass is 10.1. The van der Waals surface area contributed by atoms with Crippen molar-refractivity contribution in [2.75, 3.05) is 18.8 Å². The first kappa shape index (κ1) is 16.4. The van der Waals surface area contributed by atoms with Gasteiger partial charge < -0.3 is 10.0 Å². The van der Waals surface area contributed by atoms with Gasteiger partial charge in [0.15, 0.2) is 0 Å². The average Bonchev–Trinajstić information content (AvgIpc) is 3.09. The second kappa shape index (κ2) is 7.43. The van der Waals surface area contributed by atoms with Crippen molar-refractivity contribution in [2.45, 2.75) is 24.4 Å². The summed E-state index contributed by atoms with van der Waals surface area (Å²) in [6, 6.07) is 6.26. The second-order valence-corrected chi connectivity index (χ2v) is 6.40. The molecule has 2 heterocycles. The molecule has 1 saturated heterocycles. The number of nitrogens with zero attached hydrogens (tertiary/aromatic N) is 5. The van der Waals surface area contributed by atoms with Crippen LogP contribution in [0.4, 0.5) is 0 Å². The first-order valence-electron chi connectivity index (χ1n) is 7.68. The second-order valence-electron chi connectivity index (χ2n) is 5.46.